The van der Waals surface area contributed by atoms with Crippen molar-refractivity contribution in [3.05, 3.63) is 83.4 Å². The molecule has 5 rings (SSSR count). The Morgan fingerprint density at radius 2 is 1.87 bits per heavy atom. The van der Waals surface area contributed by atoms with E-state index in [1.165, 1.54) is 22.7 Å². The maximum Gasteiger partial charge on any atom is 0.267 e. The van der Waals surface area contributed by atoms with Gasteiger partial charge < -0.3 is 0 Å². The van der Waals surface area contributed by atoms with Gasteiger partial charge >= 0.3 is 0 Å². The Bertz CT molecular complexity index is 1450. The zero-order chi connectivity index (χ0) is 21.4. The predicted octanol–water partition coefficient (Wildman–Crippen LogP) is 5.38. The Morgan fingerprint density at radius 3 is 2.61 bits per heavy atom. The third-order valence-electron chi connectivity index (χ3n) is 4.80. The summed E-state index contributed by atoms with van der Waals surface area (Å²) in [5, 5.41) is 6.86. The number of benzene rings is 2. The number of sulfonamides is 1. The van der Waals surface area contributed by atoms with E-state index in [4.69, 9.17) is 0 Å². The third kappa shape index (κ3) is 3.99. The largest absolute Gasteiger partial charge is 0.267 e. The van der Waals surface area contributed by atoms with Crippen molar-refractivity contribution < 1.29 is 8.42 Å². The van der Waals surface area contributed by atoms with Gasteiger partial charge in [0.05, 0.1) is 21.6 Å². The Morgan fingerprint density at radius 1 is 1.03 bits per heavy atom. The second kappa shape index (κ2) is 7.92. The fourth-order valence-electron chi connectivity index (χ4n) is 3.33. The molecule has 2 aromatic carbocycles. The first kappa shape index (κ1) is 19.9. The lowest BCUT2D eigenvalue weighted by molar-refractivity contribution is 0.601. The van der Waals surface area contributed by atoms with Crippen molar-refractivity contribution >= 4 is 48.0 Å². The Kier molecular flexibility index (Phi) is 5.09. The molecule has 6 nitrogen and oxygen atoms in total. The fourth-order valence-corrected chi connectivity index (χ4v) is 6.47. The number of thiophene rings is 1. The molecule has 0 spiro atoms. The van der Waals surface area contributed by atoms with Crippen molar-refractivity contribution in [3.63, 3.8) is 0 Å². The van der Waals surface area contributed by atoms with Crippen LogP contribution in [0.1, 0.15) is 11.1 Å². The van der Waals surface area contributed by atoms with E-state index in [0.717, 1.165) is 26.2 Å². The molecule has 3 aromatic heterocycles. The van der Waals surface area contributed by atoms with Crippen LogP contribution in [0, 0.1) is 6.92 Å². The predicted molar refractivity (Wildman–Crippen MR) is 126 cm³/mol. The van der Waals surface area contributed by atoms with Gasteiger partial charge in [0.25, 0.3) is 10.0 Å². The Balaban J connectivity index is 1.54. The fraction of sp³-hybridized carbons (Fsp3) is 0.0909. The number of thiazole rings is 1. The lowest BCUT2D eigenvalue weighted by Gasteiger charge is -2.04. The lowest BCUT2D eigenvalue weighted by Crippen LogP contribution is -2.13. The molecule has 0 aliphatic rings. The highest BCUT2D eigenvalue weighted by Crippen LogP contribution is 2.33. The quantitative estimate of drug-likeness (QED) is 0.365. The summed E-state index contributed by atoms with van der Waals surface area (Å²) in [4.78, 5) is 5.43. The van der Waals surface area contributed by atoms with Crippen LogP contribution < -0.4 is 4.72 Å². The number of aromatic nitrogens is 3. The first-order chi connectivity index (χ1) is 15.0. The summed E-state index contributed by atoms with van der Waals surface area (Å²) in [5.74, 6) is 0. The molecule has 0 aliphatic carbocycles. The van der Waals surface area contributed by atoms with E-state index < -0.39 is 10.0 Å². The van der Waals surface area contributed by atoms with E-state index in [1.54, 1.807) is 10.9 Å². The number of hydrogen-bond donors (Lipinski definition) is 1. The van der Waals surface area contributed by atoms with Crippen molar-refractivity contribution in [2.24, 2.45) is 0 Å². The molecule has 9 heteroatoms. The molecule has 0 fully saturated rings. The number of fused-ring (bicyclic) bond motifs is 1. The summed E-state index contributed by atoms with van der Waals surface area (Å²) in [7, 11) is -3.88. The number of rotatable bonds is 6. The molecule has 3 heterocycles. The monoisotopic (exact) mass is 466 g/mol. The van der Waals surface area contributed by atoms with E-state index >= 15 is 0 Å². The summed E-state index contributed by atoms with van der Waals surface area (Å²) in [6, 6.07) is 19.4. The normalized spacial score (nSPS) is 11.8. The first-order valence-corrected chi connectivity index (χ1v) is 12.7. The van der Waals surface area contributed by atoms with Gasteiger partial charge in [-0.15, -0.1) is 11.3 Å². The van der Waals surface area contributed by atoms with Crippen molar-refractivity contribution in [3.8, 4) is 10.6 Å². The molecular weight excluding hydrogens is 448 g/mol. The van der Waals surface area contributed by atoms with Gasteiger partial charge in [0, 0.05) is 6.20 Å². The van der Waals surface area contributed by atoms with Crippen LogP contribution in [-0.2, 0) is 16.6 Å². The molecule has 5 aromatic rings. The third-order valence-corrected chi connectivity index (χ3v) is 8.08. The smallest absolute Gasteiger partial charge is 0.266 e. The van der Waals surface area contributed by atoms with Crippen LogP contribution in [0.3, 0.4) is 0 Å². The molecule has 0 saturated carbocycles. The molecule has 0 radical (unpaired) electrons. The van der Waals surface area contributed by atoms with Gasteiger partial charge in [0.2, 0.25) is 0 Å². The van der Waals surface area contributed by atoms with Crippen molar-refractivity contribution in [2.45, 2.75) is 18.4 Å². The number of nitrogens with zero attached hydrogens (tertiary/aromatic N) is 3. The summed E-state index contributed by atoms with van der Waals surface area (Å²) in [5.41, 5.74) is 3.30. The maximum absolute atomic E-state index is 13.4. The summed E-state index contributed by atoms with van der Waals surface area (Å²) in [6.45, 7) is 2.44. The zero-order valence-electron chi connectivity index (χ0n) is 16.5. The van der Waals surface area contributed by atoms with E-state index in [0.29, 0.717) is 17.4 Å². The van der Waals surface area contributed by atoms with Gasteiger partial charge in [-0.1, -0.05) is 59.9 Å². The minimum Gasteiger partial charge on any atom is -0.266 e. The van der Waals surface area contributed by atoms with Gasteiger partial charge in [-0.25, -0.2) is 13.4 Å². The van der Waals surface area contributed by atoms with Crippen molar-refractivity contribution in [2.75, 3.05) is 4.72 Å². The summed E-state index contributed by atoms with van der Waals surface area (Å²) < 4.78 is 32.0. The van der Waals surface area contributed by atoms with Crippen LogP contribution in [0.5, 0.6) is 0 Å². The average molecular weight is 467 g/mol. The first-order valence-electron chi connectivity index (χ1n) is 9.54. The molecule has 0 atom stereocenters. The number of nitrogens with one attached hydrogen (secondary N) is 1. The zero-order valence-corrected chi connectivity index (χ0v) is 19.0. The topological polar surface area (TPSA) is 76.9 Å². The van der Waals surface area contributed by atoms with Gasteiger partial charge in [0.15, 0.2) is 5.13 Å². The van der Waals surface area contributed by atoms with E-state index in [1.807, 2.05) is 73.0 Å². The molecule has 0 unspecified atom stereocenters. The van der Waals surface area contributed by atoms with E-state index in [-0.39, 0.29) is 4.90 Å². The second-order valence-corrected chi connectivity index (χ2v) is 10.7. The number of para-hydroxylation sites is 1. The molecule has 0 aliphatic heterocycles. The highest BCUT2D eigenvalue weighted by Gasteiger charge is 2.26. The van der Waals surface area contributed by atoms with Crippen LogP contribution in [-0.4, -0.2) is 23.2 Å². The molecule has 0 saturated heterocycles. The van der Waals surface area contributed by atoms with Crippen molar-refractivity contribution in [1.82, 2.24) is 14.8 Å². The summed E-state index contributed by atoms with van der Waals surface area (Å²) in [6.07, 6.45) is 1.59. The molecule has 0 amide bonds. The highest BCUT2D eigenvalue weighted by atomic mass is 32.2. The lowest BCUT2D eigenvalue weighted by atomic mass is 10.2. The van der Waals surface area contributed by atoms with E-state index in [9.17, 15) is 8.42 Å². The van der Waals surface area contributed by atoms with Crippen LogP contribution >= 0.6 is 22.7 Å². The molecule has 156 valence electrons. The minimum absolute atomic E-state index is 0.141. The Labute approximate surface area is 187 Å². The molecule has 0 bridgehead atoms. The van der Waals surface area contributed by atoms with Crippen molar-refractivity contribution in [1.29, 1.82) is 0 Å². The number of hydrogen-bond acceptors (Lipinski definition) is 6. The van der Waals surface area contributed by atoms with Crippen LogP contribution in [0.15, 0.2) is 77.1 Å². The van der Waals surface area contributed by atoms with Gasteiger partial charge in [0.1, 0.15) is 10.6 Å². The molecular formula is C22H18N4O2S3. The van der Waals surface area contributed by atoms with Gasteiger partial charge in [-0.2, -0.15) is 5.10 Å². The number of anilines is 1. The average Bonchev–Trinajstić information content (AvgIpc) is 3.48. The maximum atomic E-state index is 13.4. The van der Waals surface area contributed by atoms with Crippen LogP contribution in [0.4, 0.5) is 5.13 Å². The Hall–Kier alpha value is -3.01. The molecule has 1 N–H and O–H groups in total. The van der Waals surface area contributed by atoms with Crippen LogP contribution in [0.25, 0.3) is 20.8 Å². The standard InChI is InChI=1S/C22H18N4O2S3/c1-15-7-5-10-18-20(15)23-22(30-18)25-31(27,28)19-14-26(13-16-8-3-2-4-9-16)24-21(19)17-11-6-12-29-17/h2-12,14H,13H2,1H3,(H,23,25). The minimum atomic E-state index is -3.88. The summed E-state index contributed by atoms with van der Waals surface area (Å²) >= 11 is 2.78. The highest BCUT2D eigenvalue weighted by molar-refractivity contribution is 7.93. The SMILES string of the molecule is Cc1cccc2sc(NS(=O)(=O)c3cn(Cc4ccccc4)nc3-c3cccs3)nc12. The van der Waals surface area contributed by atoms with E-state index in [2.05, 4.69) is 14.8 Å². The van der Waals surface area contributed by atoms with Crippen LogP contribution in [0.2, 0.25) is 0 Å². The van der Waals surface area contributed by atoms with Gasteiger partial charge in [-0.3, -0.25) is 9.40 Å². The second-order valence-electron chi connectivity index (χ2n) is 7.05. The van der Waals surface area contributed by atoms with Gasteiger partial charge in [-0.05, 0) is 35.6 Å². The number of aryl methyl sites for hydroxylation is 1. The molecule has 31 heavy (non-hydrogen) atoms.